The Labute approximate surface area is 97.6 Å². The lowest BCUT2D eigenvalue weighted by molar-refractivity contribution is 0.363. The summed E-state index contributed by atoms with van der Waals surface area (Å²) in [5.74, 6) is 0.947. The molecule has 1 N–H and O–H groups in total. The molecule has 0 bridgehead atoms. The Morgan fingerprint density at radius 1 is 1.44 bits per heavy atom. The number of aryl methyl sites for hydroxylation is 2. The second-order valence-electron chi connectivity index (χ2n) is 5.79. The van der Waals surface area contributed by atoms with Crippen molar-refractivity contribution >= 4 is 0 Å². The molecule has 2 rings (SSSR count). The SMILES string of the molecule is Cc1noc(C)c1CNC1CCC(C)(C)C1. The largest absolute Gasteiger partial charge is 0.361 e. The Morgan fingerprint density at radius 3 is 2.69 bits per heavy atom. The predicted octanol–water partition coefficient (Wildman–Crippen LogP) is 2.96. The second kappa shape index (κ2) is 4.21. The lowest BCUT2D eigenvalue weighted by Gasteiger charge is -2.17. The highest BCUT2D eigenvalue weighted by Crippen LogP contribution is 2.37. The zero-order valence-corrected chi connectivity index (χ0v) is 10.8. The minimum atomic E-state index is 0.510. The summed E-state index contributed by atoms with van der Waals surface area (Å²) in [6.07, 6.45) is 3.89. The molecule has 1 fully saturated rings. The first-order chi connectivity index (χ1) is 7.48. The van der Waals surface area contributed by atoms with Crippen LogP contribution in [0, 0.1) is 19.3 Å². The maximum Gasteiger partial charge on any atom is 0.138 e. The van der Waals surface area contributed by atoms with E-state index in [9.17, 15) is 0 Å². The zero-order valence-electron chi connectivity index (χ0n) is 10.8. The minimum absolute atomic E-state index is 0.510. The third kappa shape index (κ3) is 2.46. The van der Waals surface area contributed by atoms with Gasteiger partial charge in [0.05, 0.1) is 5.69 Å². The first-order valence-corrected chi connectivity index (χ1v) is 6.13. The van der Waals surface area contributed by atoms with E-state index in [1.165, 1.54) is 24.8 Å². The Hall–Kier alpha value is -0.830. The minimum Gasteiger partial charge on any atom is -0.361 e. The van der Waals surface area contributed by atoms with Crippen LogP contribution in [-0.4, -0.2) is 11.2 Å². The van der Waals surface area contributed by atoms with E-state index in [2.05, 4.69) is 24.3 Å². The Balaban J connectivity index is 1.89. The molecule has 1 aliphatic carbocycles. The molecule has 0 spiro atoms. The van der Waals surface area contributed by atoms with E-state index in [4.69, 9.17) is 4.52 Å². The standard InChI is InChI=1S/C13H22N2O/c1-9-12(10(2)16-15-9)8-14-11-5-6-13(3,4)7-11/h11,14H,5-8H2,1-4H3. The molecule has 90 valence electrons. The van der Waals surface area contributed by atoms with Crippen molar-refractivity contribution in [1.29, 1.82) is 0 Å². The molecule has 1 atom stereocenters. The van der Waals surface area contributed by atoms with Crippen molar-refractivity contribution < 1.29 is 4.52 Å². The Kier molecular flexibility index (Phi) is 3.06. The number of hydrogen-bond donors (Lipinski definition) is 1. The van der Waals surface area contributed by atoms with Gasteiger partial charge >= 0.3 is 0 Å². The summed E-state index contributed by atoms with van der Waals surface area (Å²) in [5, 5.41) is 7.60. The number of hydrogen-bond acceptors (Lipinski definition) is 3. The van der Waals surface area contributed by atoms with Crippen molar-refractivity contribution in [1.82, 2.24) is 10.5 Å². The van der Waals surface area contributed by atoms with Crippen molar-refractivity contribution in [2.75, 3.05) is 0 Å². The number of rotatable bonds is 3. The van der Waals surface area contributed by atoms with Crippen LogP contribution < -0.4 is 5.32 Å². The van der Waals surface area contributed by atoms with Crippen molar-refractivity contribution in [3.8, 4) is 0 Å². The van der Waals surface area contributed by atoms with E-state index in [0.29, 0.717) is 11.5 Å². The molecule has 1 aliphatic rings. The molecule has 0 aromatic carbocycles. The summed E-state index contributed by atoms with van der Waals surface area (Å²) >= 11 is 0. The highest BCUT2D eigenvalue weighted by atomic mass is 16.5. The molecule has 0 amide bonds. The molecular formula is C13H22N2O. The normalized spacial score (nSPS) is 23.9. The van der Waals surface area contributed by atoms with Crippen molar-refractivity contribution in [3.05, 3.63) is 17.0 Å². The van der Waals surface area contributed by atoms with Gasteiger partial charge in [0.15, 0.2) is 0 Å². The van der Waals surface area contributed by atoms with Gasteiger partial charge in [0, 0.05) is 18.2 Å². The summed E-state index contributed by atoms with van der Waals surface area (Å²) in [5.41, 5.74) is 2.75. The van der Waals surface area contributed by atoms with Crippen LogP contribution in [0.1, 0.15) is 50.1 Å². The maximum absolute atomic E-state index is 5.16. The summed E-state index contributed by atoms with van der Waals surface area (Å²) in [6, 6.07) is 0.656. The molecule has 0 saturated heterocycles. The lowest BCUT2D eigenvalue weighted by atomic mass is 9.92. The molecule has 1 heterocycles. The Morgan fingerprint density at radius 2 is 2.19 bits per heavy atom. The first kappa shape index (κ1) is 11.6. The van der Waals surface area contributed by atoms with E-state index < -0.39 is 0 Å². The van der Waals surface area contributed by atoms with Gasteiger partial charge in [0.2, 0.25) is 0 Å². The Bertz CT molecular complexity index is 349. The monoisotopic (exact) mass is 222 g/mol. The summed E-state index contributed by atoms with van der Waals surface area (Å²) in [4.78, 5) is 0. The van der Waals surface area contributed by atoms with Crippen LogP contribution in [0.3, 0.4) is 0 Å². The van der Waals surface area contributed by atoms with E-state index >= 15 is 0 Å². The fraction of sp³-hybridized carbons (Fsp3) is 0.769. The van der Waals surface area contributed by atoms with Gasteiger partial charge in [-0.3, -0.25) is 0 Å². The van der Waals surface area contributed by atoms with Gasteiger partial charge < -0.3 is 9.84 Å². The van der Waals surface area contributed by atoms with Crippen molar-refractivity contribution in [2.45, 2.75) is 59.5 Å². The van der Waals surface area contributed by atoms with Gasteiger partial charge in [0.1, 0.15) is 5.76 Å². The van der Waals surface area contributed by atoms with Gasteiger partial charge in [-0.05, 0) is 38.5 Å². The van der Waals surface area contributed by atoms with Crippen molar-refractivity contribution in [2.24, 2.45) is 5.41 Å². The van der Waals surface area contributed by atoms with Gasteiger partial charge in [-0.1, -0.05) is 19.0 Å². The summed E-state index contributed by atoms with van der Waals surface area (Å²) < 4.78 is 5.16. The van der Waals surface area contributed by atoms with Gasteiger partial charge in [-0.2, -0.15) is 0 Å². The van der Waals surface area contributed by atoms with E-state index in [1.54, 1.807) is 0 Å². The fourth-order valence-corrected chi connectivity index (χ4v) is 2.61. The molecule has 0 radical (unpaired) electrons. The number of nitrogens with one attached hydrogen (secondary N) is 1. The molecule has 3 nitrogen and oxygen atoms in total. The second-order valence-corrected chi connectivity index (χ2v) is 5.79. The molecule has 1 aromatic rings. The molecule has 0 aliphatic heterocycles. The lowest BCUT2D eigenvalue weighted by Crippen LogP contribution is -2.27. The highest BCUT2D eigenvalue weighted by Gasteiger charge is 2.30. The zero-order chi connectivity index (χ0) is 11.8. The topological polar surface area (TPSA) is 38.1 Å². The third-order valence-electron chi connectivity index (χ3n) is 3.72. The van der Waals surface area contributed by atoms with Crippen LogP contribution in [0.15, 0.2) is 4.52 Å². The average Bonchev–Trinajstić information content (AvgIpc) is 2.69. The van der Waals surface area contributed by atoms with Crippen LogP contribution in [0.5, 0.6) is 0 Å². The van der Waals surface area contributed by atoms with E-state index in [1.807, 2.05) is 13.8 Å². The van der Waals surface area contributed by atoms with Gasteiger partial charge in [0.25, 0.3) is 0 Å². The molecule has 16 heavy (non-hydrogen) atoms. The predicted molar refractivity (Wildman–Crippen MR) is 64.2 cm³/mol. The first-order valence-electron chi connectivity index (χ1n) is 6.13. The van der Waals surface area contributed by atoms with Gasteiger partial charge in [-0.15, -0.1) is 0 Å². The quantitative estimate of drug-likeness (QED) is 0.854. The molecule has 1 unspecified atom stereocenters. The van der Waals surface area contributed by atoms with E-state index in [0.717, 1.165) is 18.0 Å². The van der Waals surface area contributed by atoms with Crippen LogP contribution in [0.25, 0.3) is 0 Å². The molecular weight excluding hydrogens is 200 g/mol. The highest BCUT2D eigenvalue weighted by molar-refractivity contribution is 5.20. The number of aromatic nitrogens is 1. The third-order valence-corrected chi connectivity index (χ3v) is 3.72. The fourth-order valence-electron chi connectivity index (χ4n) is 2.61. The molecule has 3 heteroatoms. The van der Waals surface area contributed by atoms with Crippen LogP contribution in [0.4, 0.5) is 0 Å². The molecule has 1 aromatic heterocycles. The van der Waals surface area contributed by atoms with Crippen LogP contribution >= 0.6 is 0 Å². The smallest absolute Gasteiger partial charge is 0.138 e. The van der Waals surface area contributed by atoms with E-state index in [-0.39, 0.29) is 0 Å². The van der Waals surface area contributed by atoms with Gasteiger partial charge in [-0.25, -0.2) is 0 Å². The maximum atomic E-state index is 5.16. The van der Waals surface area contributed by atoms with Crippen LogP contribution in [0.2, 0.25) is 0 Å². The van der Waals surface area contributed by atoms with Crippen LogP contribution in [-0.2, 0) is 6.54 Å². The summed E-state index contributed by atoms with van der Waals surface area (Å²) in [6.45, 7) is 9.58. The summed E-state index contributed by atoms with van der Waals surface area (Å²) in [7, 11) is 0. The molecule has 1 saturated carbocycles. The van der Waals surface area contributed by atoms with Crippen molar-refractivity contribution in [3.63, 3.8) is 0 Å². The number of nitrogens with zero attached hydrogens (tertiary/aromatic N) is 1. The average molecular weight is 222 g/mol.